The lowest BCUT2D eigenvalue weighted by Gasteiger charge is -2.04. The number of thiazole rings is 1. The predicted octanol–water partition coefficient (Wildman–Crippen LogP) is 3.07. The van der Waals surface area contributed by atoms with Gasteiger partial charge in [0.2, 0.25) is 0 Å². The average Bonchev–Trinajstić information content (AvgIpc) is 3.18. The highest BCUT2D eigenvalue weighted by molar-refractivity contribution is 7.20. The molecule has 1 unspecified atom stereocenters. The number of thiophene rings is 1. The Kier molecular flexibility index (Phi) is 3.90. The van der Waals surface area contributed by atoms with Gasteiger partial charge in [0.15, 0.2) is 5.82 Å². The molecule has 0 fully saturated rings. The molecule has 0 saturated heterocycles. The first kappa shape index (κ1) is 13.4. The lowest BCUT2D eigenvalue weighted by Crippen LogP contribution is -2.24. The topological polar surface area (TPSA) is 63.8 Å². The van der Waals surface area contributed by atoms with Crippen molar-refractivity contribution in [3.8, 4) is 21.5 Å². The van der Waals surface area contributed by atoms with Crippen molar-refractivity contribution in [2.75, 3.05) is 7.05 Å². The van der Waals surface area contributed by atoms with Crippen LogP contribution in [0.3, 0.4) is 0 Å². The van der Waals surface area contributed by atoms with Crippen molar-refractivity contribution in [2.24, 2.45) is 0 Å². The highest BCUT2D eigenvalue weighted by atomic mass is 32.1. The Hall–Kier alpha value is -1.57. The number of nitrogens with one attached hydrogen (secondary N) is 1. The van der Waals surface area contributed by atoms with Gasteiger partial charge in [-0.15, -0.1) is 22.7 Å². The monoisotopic (exact) mass is 306 g/mol. The highest BCUT2D eigenvalue weighted by Crippen LogP contribution is 2.30. The summed E-state index contributed by atoms with van der Waals surface area (Å²) < 4.78 is 5.29. The van der Waals surface area contributed by atoms with Gasteiger partial charge < -0.3 is 9.84 Å². The fourth-order valence-electron chi connectivity index (χ4n) is 1.70. The van der Waals surface area contributed by atoms with Crippen LogP contribution in [0.1, 0.15) is 12.7 Å². The maximum absolute atomic E-state index is 5.29. The van der Waals surface area contributed by atoms with E-state index in [2.05, 4.69) is 33.4 Å². The van der Waals surface area contributed by atoms with E-state index < -0.39 is 0 Å². The van der Waals surface area contributed by atoms with E-state index in [1.165, 1.54) is 0 Å². The molecule has 1 atom stereocenters. The van der Waals surface area contributed by atoms with Crippen molar-refractivity contribution in [3.63, 3.8) is 0 Å². The number of hydrogen-bond donors (Lipinski definition) is 1. The first-order valence-corrected chi connectivity index (χ1v) is 8.02. The molecule has 3 rings (SSSR count). The molecular weight excluding hydrogens is 292 g/mol. The van der Waals surface area contributed by atoms with Gasteiger partial charge in [-0.05, 0) is 25.4 Å². The molecule has 1 N–H and O–H groups in total. The molecule has 20 heavy (non-hydrogen) atoms. The van der Waals surface area contributed by atoms with E-state index in [-0.39, 0.29) is 0 Å². The molecule has 0 bridgehead atoms. The molecule has 0 aliphatic carbocycles. The second kappa shape index (κ2) is 5.82. The van der Waals surface area contributed by atoms with Crippen LogP contribution >= 0.6 is 22.7 Å². The largest absolute Gasteiger partial charge is 0.332 e. The van der Waals surface area contributed by atoms with Gasteiger partial charge in [-0.25, -0.2) is 4.98 Å². The zero-order valence-corrected chi connectivity index (χ0v) is 12.8. The van der Waals surface area contributed by atoms with Gasteiger partial charge in [0.25, 0.3) is 5.89 Å². The highest BCUT2D eigenvalue weighted by Gasteiger charge is 2.14. The van der Waals surface area contributed by atoms with Gasteiger partial charge in [0.1, 0.15) is 10.7 Å². The van der Waals surface area contributed by atoms with Crippen molar-refractivity contribution >= 4 is 22.7 Å². The summed E-state index contributed by atoms with van der Waals surface area (Å²) in [5.74, 6) is 1.19. The quantitative estimate of drug-likeness (QED) is 0.785. The van der Waals surface area contributed by atoms with Crippen LogP contribution in [-0.2, 0) is 6.42 Å². The van der Waals surface area contributed by atoms with Crippen molar-refractivity contribution in [1.82, 2.24) is 20.4 Å². The third-order valence-electron chi connectivity index (χ3n) is 2.90. The van der Waals surface area contributed by atoms with Crippen molar-refractivity contribution in [3.05, 3.63) is 28.7 Å². The minimum atomic E-state index is 0.317. The fraction of sp³-hybridized carbons (Fsp3) is 0.308. The van der Waals surface area contributed by atoms with E-state index in [0.29, 0.717) is 17.8 Å². The Labute approximate surface area is 124 Å². The van der Waals surface area contributed by atoms with E-state index in [0.717, 1.165) is 22.0 Å². The Morgan fingerprint density at radius 1 is 1.35 bits per heavy atom. The van der Waals surface area contributed by atoms with Crippen molar-refractivity contribution < 1.29 is 4.52 Å². The van der Waals surface area contributed by atoms with Gasteiger partial charge >= 0.3 is 0 Å². The molecule has 0 saturated carbocycles. The van der Waals surface area contributed by atoms with Crippen LogP contribution in [-0.4, -0.2) is 28.2 Å². The molecule has 3 aromatic heterocycles. The fourth-order valence-corrected chi connectivity index (χ4v) is 3.31. The van der Waals surface area contributed by atoms with E-state index >= 15 is 0 Å². The van der Waals surface area contributed by atoms with Gasteiger partial charge in [-0.3, -0.25) is 0 Å². The summed E-state index contributed by atoms with van der Waals surface area (Å²) in [6.07, 6.45) is 0.738. The van der Waals surface area contributed by atoms with Gasteiger partial charge in [0, 0.05) is 17.8 Å². The molecule has 0 aliphatic heterocycles. The lowest BCUT2D eigenvalue weighted by atomic mass is 10.2. The van der Waals surface area contributed by atoms with Crippen LogP contribution in [0.15, 0.2) is 27.4 Å². The maximum Gasteiger partial charge on any atom is 0.277 e. The smallest absolute Gasteiger partial charge is 0.277 e. The van der Waals surface area contributed by atoms with Crippen LogP contribution in [0.25, 0.3) is 21.5 Å². The maximum atomic E-state index is 5.29. The molecule has 0 spiro atoms. The van der Waals surface area contributed by atoms with Crippen LogP contribution < -0.4 is 5.32 Å². The number of likely N-dealkylation sites (N-methyl/N-ethyl adjacent to an activating group) is 1. The van der Waals surface area contributed by atoms with Crippen LogP contribution in [0.4, 0.5) is 0 Å². The Morgan fingerprint density at radius 2 is 2.25 bits per heavy atom. The Morgan fingerprint density at radius 3 is 3.00 bits per heavy atom. The molecule has 7 heteroatoms. The van der Waals surface area contributed by atoms with E-state index in [9.17, 15) is 0 Å². The second-order valence-corrected chi connectivity index (χ2v) is 6.23. The van der Waals surface area contributed by atoms with Gasteiger partial charge in [-0.2, -0.15) is 4.98 Å². The molecule has 3 heterocycles. The minimum Gasteiger partial charge on any atom is -0.332 e. The molecule has 0 radical (unpaired) electrons. The summed E-state index contributed by atoms with van der Waals surface area (Å²) in [7, 11) is 1.92. The minimum absolute atomic E-state index is 0.317. The average molecular weight is 306 g/mol. The predicted molar refractivity (Wildman–Crippen MR) is 80.9 cm³/mol. The first-order valence-electron chi connectivity index (χ1n) is 6.26. The van der Waals surface area contributed by atoms with E-state index in [4.69, 9.17) is 4.52 Å². The number of rotatable bonds is 5. The SMILES string of the molecule is CNC(C)Cc1noc(-c2csc(-c3cccs3)n2)n1. The summed E-state index contributed by atoms with van der Waals surface area (Å²) in [6.45, 7) is 2.08. The molecule has 3 aromatic rings. The van der Waals surface area contributed by atoms with Crippen LogP contribution in [0.2, 0.25) is 0 Å². The van der Waals surface area contributed by atoms with Crippen LogP contribution in [0, 0.1) is 0 Å². The number of nitrogens with zero attached hydrogens (tertiary/aromatic N) is 3. The number of aromatic nitrogens is 3. The summed E-state index contributed by atoms with van der Waals surface area (Å²) in [4.78, 5) is 10.1. The van der Waals surface area contributed by atoms with E-state index in [1.54, 1.807) is 22.7 Å². The molecular formula is C13H14N4OS2. The Balaban J connectivity index is 1.80. The second-order valence-electron chi connectivity index (χ2n) is 4.42. The lowest BCUT2D eigenvalue weighted by molar-refractivity contribution is 0.417. The van der Waals surface area contributed by atoms with Gasteiger partial charge in [0.05, 0.1) is 4.88 Å². The van der Waals surface area contributed by atoms with Crippen molar-refractivity contribution in [2.45, 2.75) is 19.4 Å². The standard InChI is InChI=1S/C13H14N4OS2/c1-8(14-2)6-11-16-12(18-17-11)9-7-20-13(15-9)10-4-3-5-19-10/h3-5,7-8,14H,6H2,1-2H3. The zero-order chi connectivity index (χ0) is 13.9. The summed E-state index contributed by atoms with van der Waals surface area (Å²) in [6, 6.07) is 4.39. The Bertz CT molecular complexity index is 674. The van der Waals surface area contributed by atoms with Crippen molar-refractivity contribution in [1.29, 1.82) is 0 Å². The summed E-state index contributed by atoms with van der Waals surface area (Å²) in [5.41, 5.74) is 0.745. The van der Waals surface area contributed by atoms with E-state index in [1.807, 2.05) is 23.9 Å². The summed E-state index contributed by atoms with van der Waals surface area (Å²) >= 11 is 3.26. The van der Waals surface area contributed by atoms with Gasteiger partial charge in [-0.1, -0.05) is 11.2 Å². The third-order valence-corrected chi connectivity index (χ3v) is 4.79. The van der Waals surface area contributed by atoms with Crippen LogP contribution in [0.5, 0.6) is 0 Å². The molecule has 0 aliphatic rings. The summed E-state index contributed by atoms with van der Waals surface area (Å²) in [5, 5.41) is 12.1. The first-order chi connectivity index (χ1) is 9.76. The number of hydrogen-bond acceptors (Lipinski definition) is 7. The zero-order valence-electron chi connectivity index (χ0n) is 11.2. The molecule has 0 amide bonds. The molecule has 5 nitrogen and oxygen atoms in total. The third kappa shape index (κ3) is 2.79. The normalized spacial score (nSPS) is 12.7. The molecule has 104 valence electrons. The molecule has 0 aromatic carbocycles.